The van der Waals surface area contributed by atoms with Gasteiger partial charge in [-0.15, -0.1) is 0 Å². The second kappa shape index (κ2) is 7.73. The number of aryl methyl sites for hydroxylation is 1. The fourth-order valence-electron chi connectivity index (χ4n) is 2.20. The van der Waals surface area contributed by atoms with E-state index in [0.29, 0.717) is 22.0 Å². The van der Waals surface area contributed by atoms with Crippen molar-refractivity contribution >= 4 is 39.2 Å². The molecule has 7 nitrogen and oxygen atoms in total. The Bertz CT molecular complexity index is 1070. The summed E-state index contributed by atoms with van der Waals surface area (Å²) >= 11 is 5.80. The van der Waals surface area contributed by atoms with Crippen LogP contribution in [-0.4, -0.2) is 24.3 Å². The molecule has 2 aromatic carbocycles. The van der Waals surface area contributed by atoms with Crippen molar-refractivity contribution < 1.29 is 13.2 Å². The van der Waals surface area contributed by atoms with Crippen LogP contribution in [0.15, 0.2) is 65.7 Å². The summed E-state index contributed by atoms with van der Waals surface area (Å²) in [5.74, 6) is -0.330. The van der Waals surface area contributed by atoms with E-state index in [-0.39, 0.29) is 16.8 Å². The molecule has 0 aliphatic heterocycles. The first-order valence-corrected chi connectivity index (χ1v) is 9.69. The molecule has 1 aromatic heterocycles. The average molecular weight is 403 g/mol. The topological polar surface area (TPSA) is 101 Å². The lowest BCUT2D eigenvalue weighted by molar-refractivity contribution is 0.102. The number of nitrogens with zero attached hydrogens (tertiary/aromatic N) is 2. The lowest BCUT2D eigenvalue weighted by Gasteiger charge is -2.09. The number of anilines is 2. The maximum absolute atomic E-state index is 12.4. The van der Waals surface area contributed by atoms with Crippen LogP contribution >= 0.6 is 11.6 Å². The third kappa shape index (κ3) is 4.81. The molecule has 138 valence electrons. The summed E-state index contributed by atoms with van der Waals surface area (Å²) in [4.78, 5) is 20.1. The molecule has 27 heavy (non-hydrogen) atoms. The molecule has 1 amide bonds. The van der Waals surface area contributed by atoms with Crippen LogP contribution < -0.4 is 10.0 Å². The number of hydrogen-bond acceptors (Lipinski definition) is 5. The van der Waals surface area contributed by atoms with E-state index in [4.69, 9.17) is 11.6 Å². The van der Waals surface area contributed by atoms with E-state index >= 15 is 0 Å². The van der Waals surface area contributed by atoms with Gasteiger partial charge in [-0.1, -0.05) is 11.6 Å². The summed E-state index contributed by atoms with van der Waals surface area (Å²) in [6, 6.07) is 13.9. The fraction of sp³-hybridized carbons (Fsp3) is 0.0556. The van der Waals surface area contributed by atoms with Crippen molar-refractivity contribution in [3.63, 3.8) is 0 Å². The molecule has 0 atom stereocenters. The van der Waals surface area contributed by atoms with Crippen molar-refractivity contribution in [1.82, 2.24) is 9.97 Å². The van der Waals surface area contributed by atoms with E-state index in [1.54, 1.807) is 37.3 Å². The van der Waals surface area contributed by atoms with E-state index in [2.05, 4.69) is 20.0 Å². The monoisotopic (exact) mass is 402 g/mol. The Labute approximate surface area is 161 Å². The lowest BCUT2D eigenvalue weighted by Crippen LogP contribution is -2.15. The Kier molecular flexibility index (Phi) is 5.38. The molecule has 0 saturated carbocycles. The summed E-state index contributed by atoms with van der Waals surface area (Å²) in [6.45, 7) is 1.73. The molecule has 0 unspecified atom stereocenters. The number of nitrogens with one attached hydrogen (secondary N) is 2. The van der Waals surface area contributed by atoms with E-state index in [9.17, 15) is 13.2 Å². The number of rotatable bonds is 5. The number of benzene rings is 2. The predicted molar refractivity (Wildman–Crippen MR) is 103 cm³/mol. The van der Waals surface area contributed by atoms with Gasteiger partial charge >= 0.3 is 0 Å². The molecule has 0 spiro atoms. The van der Waals surface area contributed by atoms with Gasteiger partial charge in [0.15, 0.2) is 0 Å². The highest BCUT2D eigenvalue weighted by molar-refractivity contribution is 7.92. The molecule has 0 fully saturated rings. The van der Waals surface area contributed by atoms with Gasteiger partial charge in [0.25, 0.3) is 15.9 Å². The zero-order valence-corrected chi connectivity index (χ0v) is 15.8. The fourth-order valence-corrected chi connectivity index (χ4v) is 3.28. The average Bonchev–Trinajstić information content (AvgIpc) is 2.62. The van der Waals surface area contributed by atoms with Gasteiger partial charge in [0.05, 0.1) is 4.90 Å². The first-order chi connectivity index (χ1) is 12.8. The van der Waals surface area contributed by atoms with Crippen LogP contribution in [0.25, 0.3) is 0 Å². The van der Waals surface area contributed by atoms with E-state index in [1.165, 1.54) is 30.5 Å². The van der Waals surface area contributed by atoms with Gasteiger partial charge in [0, 0.05) is 28.2 Å². The van der Waals surface area contributed by atoms with Crippen molar-refractivity contribution in [3.8, 4) is 0 Å². The van der Waals surface area contributed by atoms with Gasteiger partial charge in [-0.3, -0.25) is 4.79 Å². The second-order valence-corrected chi connectivity index (χ2v) is 7.73. The Balaban J connectivity index is 1.72. The molecule has 2 N–H and O–H groups in total. The van der Waals surface area contributed by atoms with Crippen LogP contribution in [0.4, 0.5) is 11.6 Å². The molecule has 0 bridgehead atoms. The Morgan fingerprint density at radius 3 is 2.30 bits per heavy atom. The summed E-state index contributed by atoms with van der Waals surface area (Å²) < 4.78 is 27.1. The largest absolute Gasteiger partial charge is 0.322 e. The van der Waals surface area contributed by atoms with Gasteiger partial charge < -0.3 is 5.32 Å². The van der Waals surface area contributed by atoms with Crippen molar-refractivity contribution in [2.24, 2.45) is 0 Å². The summed E-state index contributed by atoms with van der Waals surface area (Å²) in [5.41, 5.74) is 1.54. The third-order valence-corrected chi connectivity index (χ3v) is 5.15. The van der Waals surface area contributed by atoms with Crippen LogP contribution in [0, 0.1) is 6.92 Å². The normalized spacial score (nSPS) is 11.0. The molecule has 0 saturated heterocycles. The number of carbonyl (C=O) groups excluding carboxylic acids is 1. The van der Waals surface area contributed by atoms with E-state index in [0.717, 1.165) is 0 Å². The Morgan fingerprint density at radius 2 is 1.67 bits per heavy atom. The molecular formula is C18H15ClN4O3S. The van der Waals surface area contributed by atoms with Crippen molar-refractivity contribution in [3.05, 3.63) is 77.1 Å². The standard InChI is InChI=1S/C18H15ClN4O3S/c1-12-10-11-20-18(21-12)23-27(25,26)16-8-6-15(7-9-16)22-17(24)13-2-4-14(19)5-3-13/h2-11H,1H3,(H,22,24)(H,20,21,23). The van der Waals surface area contributed by atoms with Gasteiger partial charge in [-0.25, -0.2) is 23.1 Å². The number of aromatic nitrogens is 2. The van der Waals surface area contributed by atoms with Crippen LogP contribution in [0.3, 0.4) is 0 Å². The maximum atomic E-state index is 12.4. The Morgan fingerprint density at radius 1 is 1.00 bits per heavy atom. The lowest BCUT2D eigenvalue weighted by atomic mass is 10.2. The number of halogens is 1. The van der Waals surface area contributed by atoms with Crippen molar-refractivity contribution in [1.29, 1.82) is 0 Å². The summed E-state index contributed by atoms with van der Waals surface area (Å²) in [7, 11) is -3.83. The molecule has 1 heterocycles. The molecule has 0 radical (unpaired) electrons. The zero-order chi connectivity index (χ0) is 19.4. The van der Waals surface area contributed by atoms with E-state index < -0.39 is 10.0 Å². The van der Waals surface area contributed by atoms with Gasteiger partial charge in [-0.05, 0) is 61.5 Å². The van der Waals surface area contributed by atoms with Crippen LogP contribution in [0.2, 0.25) is 5.02 Å². The quantitative estimate of drug-likeness (QED) is 0.680. The van der Waals surface area contributed by atoms with Gasteiger partial charge in [-0.2, -0.15) is 0 Å². The highest BCUT2D eigenvalue weighted by atomic mass is 35.5. The van der Waals surface area contributed by atoms with E-state index in [1.807, 2.05) is 0 Å². The number of sulfonamides is 1. The van der Waals surface area contributed by atoms with Gasteiger partial charge in [0.2, 0.25) is 5.95 Å². The first kappa shape index (κ1) is 18.8. The van der Waals surface area contributed by atoms with Crippen LogP contribution in [0.1, 0.15) is 16.1 Å². The minimum atomic E-state index is -3.83. The molecule has 0 aliphatic rings. The Hall–Kier alpha value is -2.97. The second-order valence-electron chi connectivity index (χ2n) is 5.61. The number of carbonyl (C=O) groups is 1. The molecule has 3 rings (SSSR count). The maximum Gasteiger partial charge on any atom is 0.264 e. The molecule has 0 aliphatic carbocycles. The summed E-state index contributed by atoms with van der Waals surface area (Å²) in [5, 5.41) is 3.23. The predicted octanol–water partition coefficient (Wildman–Crippen LogP) is 3.49. The highest BCUT2D eigenvalue weighted by Gasteiger charge is 2.16. The number of amides is 1. The molecular weight excluding hydrogens is 388 g/mol. The van der Waals surface area contributed by atoms with Crippen LogP contribution in [0.5, 0.6) is 0 Å². The van der Waals surface area contributed by atoms with Crippen molar-refractivity contribution in [2.45, 2.75) is 11.8 Å². The summed E-state index contributed by atoms with van der Waals surface area (Å²) in [6.07, 6.45) is 1.47. The molecule has 3 aromatic rings. The third-order valence-electron chi connectivity index (χ3n) is 3.55. The van der Waals surface area contributed by atoms with Crippen molar-refractivity contribution in [2.75, 3.05) is 10.0 Å². The smallest absolute Gasteiger partial charge is 0.264 e. The number of hydrogen-bond donors (Lipinski definition) is 2. The minimum absolute atomic E-state index is 0.00452. The zero-order valence-electron chi connectivity index (χ0n) is 14.2. The highest BCUT2D eigenvalue weighted by Crippen LogP contribution is 2.18. The minimum Gasteiger partial charge on any atom is -0.322 e. The SMILES string of the molecule is Cc1ccnc(NS(=O)(=O)c2ccc(NC(=O)c3ccc(Cl)cc3)cc2)n1. The van der Waals surface area contributed by atoms with Gasteiger partial charge in [0.1, 0.15) is 0 Å². The molecule has 9 heteroatoms. The van der Waals surface area contributed by atoms with Crippen LogP contribution in [-0.2, 0) is 10.0 Å². The first-order valence-electron chi connectivity index (χ1n) is 7.83.